The molecule has 0 radical (unpaired) electrons. The van der Waals surface area contributed by atoms with Crippen molar-refractivity contribution in [3.8, 4) is 5.75 Å². The molecule has 0 saturated carbocycles. The predicted molar refractivity (Wildman–Crippen MR) is 137 cm³/mol. The Bertz CT molecular complexity index is 1340. The van der Waals surface area contributed by atoms with Gasteiger partial charge in [0.2, 0.25) is 0 Å². The van der Waals surface area contributed by atoms with Gasteiger partial charge in [0.15, 0.2) is 0 Å². The summed E-state index contributed by atoms with van der Waals surface area (Å²) in [6.07, 6.45) is 2.79. The van der Waals surface area contributed by atoms with E-state index in [9.17, 15) is 14.4 Å². The van der Waals surface area contributed by atoms with Gasteiger partial charge < -0.3 is 4.74 Å². The molecule has 0 aliphatic carbocycles. The number of amides is 4. The van der Waals surface area contributed by atoms with E-state index in [4.69, 9.17) is 4.74 Å². The van der Waals surface area contributed by atoms with Gasteiger partial charge in [-0.15, -0.1) is 0 Å². The monoisotopic (exact) mass is 468 g/mol. The van der Waals surface area contributed by atoms with Crippen molar-refractivity contribution < 1.29 is 19.1 Å². The Hall–Kier alpha value is -4.19. The van der Waals surface area contributed by atoms with Crippen LogP contribution in [0, 0.1) is 13.8 Å². The molecule has 35 heavy (non-hydrogen) atoms. The first kappa shape index (κ1) is 24.0. The molecule has 1 N–H and O–H groups in total. The van der Waals surface area contributed by atoms with E-state index in [0.717, 1.165) is 32.7 Å². The average Bonchev–Trinajstić information content (AvgIpc) is 2.82. The fourth-order valence-corrected chi connectivity index (χ4v) is 4.45. The second-order valence-electron chi connectivity index (χ2n) is 8.68. The first-order valence-electron chi connectivity index (χ1n) is 11.5. The van der Waals surface area contributed by atoms with E-state index >= 15 is 0 Å². The molecule has 0 bridgehead atoms. The third kappa shape index (κ3) is 5.01. The predicted octanol–water partition coefficient (Wildman–Crippen LogP) is 5.13. The minimum atomic E-state index is -0.747. The van der Waals surface area contributed by atoms with Crippen LogP contribution in [0.25, 0.3) is 6.08 Å². The number of nitrogens with zero attached hydrogens (tertiary/aromatic N) is 1. The van der Waals surface area contributed by atoms with Crippen LogP contribution in [0.15, 0.2) is 66.2 Å². The Balaban J connectivity index is 1.78. The number of aryl methyl sites for hydroxylation is 3. The molecule has 1 fully saturated rings. The third-order valence-electron chi connectivity index (χ3n) is 6.04. The van der Waals surface area contributed by atoms with Crippen molar-refractivity contribution in [2.75, 3.05) is 12.0 Å². The molecule has 0 spiro atoms. The van der Waals surface area contributed by atoms with Gasteiger partial charge >= 0.3 is 6.03 Å². The van der Waals surface area contributed by atoms with E-state index in [2.05, 4.69) is 37.4 Å². The number of carbonyl (C=O) groups excluding carboxylic acids is 3. The van der Waals surface area contributed by atoms with Gasteiger partial charge in [0.25, 0.3) is 11.8 Å². The zero-order valence-corrected chi connectivity index (χ0v) is 20.3. The molecule has 0 atom stereocenters. The van der Waals surface area contributed by atoms with Crippen LogP contribution >= 0.6 is 0 Å². The summed E-state index contributed by atoms with van der Waals surface area (Å²) < 4.78 is 5.42. The smallest absolute Gasteiger partial charge is 0.335 e. The number of nitrogens with one attached hydrogen (secondary N) is 1. The van der Waals surface area contributed by atoms with Crippen LogP contribution in [-0.2, 0) is 22.4 Å². The number of ether oxygens (including phenoxy) is 1. The van der Waals surface area contributed by atoms with Crippen molar-refractivity contribution >= 4 is 29.6 Å². The Morgan fingerprint density at radius 1 is 0.914 bits per heavy atom. The molecule has 6 nitrogen and oxygen atoms in total. The van der Waals surface area contributed by atoms with Gasteiger partial charge in [0, 0.05) is 0 Å². The van der Waals surface area contributed by atoms with Gasteiger partial charge in [0.05, 0.1) is 12.8 Å². The minimum absolute atomic E-state index is 0.0951. The summed E-state index contributed by atoms with van der Waals surface area (Å²) >= 11 is 0. The Morgan fingerprint density at radius 3 is 2.31 bits per heavy atom. The van der Waals surface area contributed by atoms with Crippen molar-refractivity contribution in [1.29, 1.82) is 0 Å². The molecule has 1 saturated heterocycles. The molecule has 6 heteroatoms. The highest BCUT2D eigenvalue weighted by Gasteiger charge is 2.37. The second-order valence-corrected chi connectivity index (χ2v) is 8.68. The molecule has 3 aromatic rings. The molecule has 3 aromatic carbocycles. The molecule has 4 rings (SSSR count). The van der Waals surface area contributed by atoms with Crippen molar-refractivity contribution in [2.45, 2.75) is 33.6 Å². The summed E-state index contributed by atoms with van der Waals surface area (Å²) in [6, 6.07) is 18.3. The number of hydrogen-bond donors (Lipinski definition) is 1. The Morgan fingerprint density at radius 2 is 1.63 bits per heavy atom. The van der Waals surface area contributed by atoms with Crippen molar-refractivity contribution in [3.63, 3.8) is 0 Å². The molecular weight excluding hydrogens is 440 g/mol. The molecule has 1 aliphatic rings. The van der Waals surface area contributed by atoms with Crippen LogP contribution < -0.4 is 15.0 Å². The second kappa shape index (κ2) is 9.97. The zero-order chi connectivity index (χ0) is 25.1. The number of rotatable bonds is 6. The normalized spacial score (nSPS) is 14.9. The van der Waals surface area contributed by atoms with Crippen LogP contribution in [0.3, 0.4) is 0 Å². The van der Waals surface area contributed by atoms with Crippen molar-refractivity contribution in [2.24, 2.45) is 0 Å². The summed E-state index contributed by atoms with van der Waals surface area (Å²) in [5.74, 6) is -0.675. The largest absolute Gasteiger partial charge is 0.497 e. The number of hydrogen-bond acceptors (Lipinski definition) is 4. The molecule has 4 amide bonds. The van der Waals surface area contributed by atoms with Crippen LogP contribution in [-0.4, -0.2) is 25.0 Å². The number of carbonyl (C=O) groups is 3. The van der Waals surface area contributed by atoms with Crippen LogP contribution in [0.2, 0.25) is 0 Å². The standard InChI is InChI=1S/C29H28N2O4/c1-5-21-8-6-7-9-26(21)31-28(33)25(27(32)30-29(31)34)17-22-10-11-24(35-4)16-23(22)15-20-13-18(2)12-19(3)14-20/h6-14,16-17H,5,15H2,1-4H3,(H,30,32,34)/b25-17-. The van der Waals surface area contributed by atoms with Crippen LogP contribution in [0.4, 0.5) is 10.5 Å². The van der Waals surface area contributed by atoms with E-state index in [-0.39, 0.29) is 5.57 Å². The number of urea groups is 1. The number of para-hydroxylation sites is 1. The fraction of sp³-hybridized carbons (Fsp3) is 0.207. The van der Waals surface area contributed by atoms with Crippen LogP contribution in [0.5, 0.6) is 5.75 Å². The van der Waals surface area contributed by atoms with Gasteiger partial charge in [-0.05, 0) is 73.2 Å². The van der Waals surface area contributed by atoms with Gasteiger partial charge in [-0.3, -0.25) is 14.9 Å². The number of barbiturate groups is 1. The first-order chi connectivity index (χ1) is 16.8. The summed E-state index contributed by atoms with van der Waals surface area (Å²) in [6.45, 7) is 6.05. The maximum absolute atomic E-state index is 13.5. The number of benzene rings is 3. The summed E-state index contributed by atoms with van der Waals surface area (Å²) in [7, 11) is 1.60. The lowest BCUT2D eigenvalue weighted by Crippen LogP contribution is -2.54. The van der Waals surface area contributed by atoms with E-state index in [1.165, 1.54) is 0 Å². The number of methoxy groups -OCH3 is 1. The topological polar surface area (TPSA) is 75.7 Å². The molecular formula is C29H28N2O4. The quantitative estimate of drug-likeness (QED) is 0.402. The lowest BCUT2D eigenvalue weighted by atomic mass is 9.95. The molecule has 178 valence electrons. The molecule has 0 aromatic heterocycles. The summed E-state index contributed by atoms with van der Waals surface area (Å²) in [5.41, 5.74) is 6.26. The van der Waals surface area contributed by atoms with E-state index in [1.807, 2.05) is 31.2 Å². The van der Waals surface area contributed by atoms with Crippen LogP contribution in [0.1, 0.15) is 40.3 Å². The lowest BCUT2D eigenvalue weighted by molar-refractivity contribution is -0.122. The Kier molecular flexibility index (Phi) is 6.82. The van der Waals surface area contributed by atoms with Gasteiger partial charge in [-0.1, -0.05) is 60.5 Å². The van der Waals surface area contributed by atoms with E-state index < -0.39 is 17.8 Å². The highest BCUT2D eigenvalue weighted by molar-refractivity contribution is 6.39. The zero-order valence-electron chi connectivity index (χ0n) is 20.3. The van der Waals surface area contributed by atoms with Gasteiger partial charge in [-0.2, -0.15) is 0 Å². The third-order valence-corrected chi connectivity index (χ3v) is 6.04. The van der Waals surface area contributed by atoms with E-state index in [0.29, 0.717) is 29.8 Å². The van der Waals surface area contributed by atoms with Crippen molar-refractivity contribution in [3.05, 3.63) is 99.6 Å². The highest BCUT2D eigenvalue weighted by atomic mass is 16.5. The van der Waals surface area contributed by atoms with Gasteiger partial charge in [-0.25, -0.2) is 9.69 Å². The number of imide groups is 2. The molecule has 0 unspecified atom stereocenters. The Labute approximate surface area is 205 Å². The first-order valence-corrected chi connectivity index (χ1v) is 11.5. The summed E-state index contributed by atoms with van der Waals surface area (Å²) in [4.78, 5) is 39.9. The summed E-state index contributed by atoms with van der Waals surface area (Å²) in [5, 5.41) is 2.32. The average molecular weight is 469 g/mol. The minimum Gasteiger partial charge on any atom is -0.497 e. The van der Waals surface area contributed by atoms with Gasteiger partial charge in [0.1, 0.15) is 11.3 Å². The lowest BCUT2D eigenvalue weighted by Gasteiger charge is -2.28. The molecule has 1 aliphatic heterocycles. The number of anilines is 1. The SMILES string of the molecule is CCc1ccccc1N1C(=O)NC(=O)/C(=C/c2ccc(OC)cc2Cc2cc(C)cc(C)c2)C1=O. The maximum Gasteiger partial charge on any atom is 0.335 e. The highest BCUT2D eigenvalue weighted by Crippen LogP contribution is 2.28. The fourth-order valence-electron chi connectivity index (χ4n) is 4.45. The molecule has 1 heterocycles. The maximum atomic E-state index is 13.5. The van der Waals surface area contributed by atoms with Crippen molar-refractivity contribution in [1.82, 2.24) is 5.32 Å². The van der Waals surface area contributed by atoms with E-state index in [1.54, 1.807) is 31.4 Å².